The van der Waals surface area contributed by atoms with Crippen LogP contribution in [-0.2, 0) is 0 Å². The fourth-order valence-electron chi connectivity index (χ4n) is 3.95. The van der Waals surface area contributed by atoms with Crippen molar-refractivity contribution in [2.75, 3.05) is 25.0 Å². The van der Waals surface area contributed by atoms with Gasteiger partial charge in [-0.1, -0.05) is 25.1 Å². The number of hydrogen-bond acceptors (Lipinski definition) is 4. The minimum atomic E-state index is 0.0112. The second kappa shape index (κ2) is 7.85. The molecule has 1 saturated heterocycles. The number of amides is 1. The molecule has 2 N–H and O–H groups in total. The Morgan fingerprint density at radius 3 is 2.89 bits per heavy atom. The van der Waals surface area contributed by atoms with E-state index in [4.69, 9.17) is 4.98 Å². The Morgan fingerprint density at radius 1 is 1.30 bits per heavy atom. The Labute approximate surface area is 161 Å². The quantitative estimate of drug-likeness (QED) is 0.819. The van der Waals surface area contributed by atoms with Crippen molar-refractivity contribution in [2.45, 2.75) is 51.6 Å². The Bertz CT molecular complexity index is 817. The van der Waals surface area contributed by atoms with Crippen molar-refractivity contribution in [2.24, 2.45) is 5.92 Å². The maximum absolute atomic E-state index is 12.7. The van der Waals surface area contributed by atoms with Gasteiger partial charge in [0.25, 0.3) is 5.91 Å². The second-order valence-corrected chi connectivity index (χ2v) is 8.29. The molecule has 0 radical (unpaired) electrons. The molecule has 1 aliphatic heterocycles. The van der Waals surface area contributed by atoms with Crippen LogP contribution in [-0.4, -0.2) is 47.5 Å². The van der Waals surface area contributed by atoms with Crippen molar-refractivity contribution < 1.29 is 4.79 Å². The van der Waals surface area contributed by atoms with E-state index in [0.29, 0.717) is 17.6 Å². The molecule has 0 bridgehead atoms. The number of aromatic nitrogens is 1. The zero-order valence-electron chi connectivity index (χ0n) is 16.4. The van der Waals surface area contributed by atoms with Gasteiger partial charge < -0.3 is 10.6 Å². The molecule has 27 heavy (non-hydrogen) atoms. The lowest BCUT2D eigenvalue weighted by molar-refractivity contribution is 0.0952. The molecule has 144 valence electrons. The summed E-state index contributed by atoms with van der Waals surface area (Å²) < 4.78 is 0. The van der Waals surface area contributed by atoms with Crippen LogP contribution in [0.3, 0.4) is 0 Å². The molecule has 1 saturated carbocycles. The second-order valence-electron chi connectivity index (χ2n) is 8.29. The predicted molar refractivity (Wildman–Crippen MR) is 110 cm³/mol. The molecule has 2 heterocycles. The van der Waals surface area contributed by atoms with Gasteiger partial charge in [0.1, 0.15) is 5.82 Å². The monoisotopic (exact) mass is 366 g/mol. The van der Waals surface area contributed by atoms with Gasteiger partial charge in [0.05, 0.1) is 11.1 Å². The molecule has 1 aromatic carbocycles. The highest BCUT2D eigenvalue weighted by Gasteiger charge is 2.25. The summed E-state index contributed by atoms with van der Waals surface area (Å²) in [6.45, 7) is 7.78. The minimum absolute atomic E-state index is 0.0112. The molecule has 4 rings (SSSR count). The van der Waals surface area contributed by atoms with E-state index < -0.39 is 0 Å². The average Bonchev–Trinajstić information content (AvgIpc) is 3.49. The summed E-state index contributed by atoms with van der Waals surface area (Å²) in [6.07, 6.45) is 4.80. The van der Waals surface area contributed by atoms with Crippen LogP contribution in [0.1, 0.15) is 49.9 Å². The van der Waals surface area contributed by atoms with Crippen molar-refractivity contribution in [3.8, 4) is 0 Å². The van der Waals surface area contributed by atoms with Gasteiger partial charge in [-0.05, 0) is 57.2 Å². The van der Waals surface area contributed by atoms with E-state index in [1.54, 1.807) is 0 Å². The number of piperidine rings is 1. The molecule has 2 atom stereocenters. The van der Waals surface area contributed by atoms with Crippen LogP contribution in [0.15, 0.2) is 30.3 Å². The Balaban J connectivity index is 1.50. The first-order valence-electron chi connectivity index (χ1n) is 10.3. The molecule has 1 amide bonds. The molecule has 2 aromatic rings. The van der Waals surface area contributed by atoms with E-state index >= 15 is 0 Å². The highest BCUT2D eigenvalue weighted by Crippen LogP contribution is 2.24. The van der Waals surface area contributed by atoms with Crippen LogP contribution in [0.25, 0.3) is 10.9 Å². The van der Waals surface area contributed by atoms with Crippen molar-refractivity contribution in [1.82, 2.24) is 15.2 Å². The number of para-hydroxylation sites is 1. The maximum atomic E-state index is 12.7. The number of hydrogen-bond donors (Lipinski definition) is 2. The Kier molecular flexibility index (Phi) is 5.30. The van der Waals surface area contributed by atoms with Crippen LogP contribution in [0.2, 0.25) is 0 Å². The molecule has 5 heteroatoms. The van der Waals surface area contributed by atoms with Gasteiger partial charge in [-0.2, -0.15) is 0 Å². The van der Waals surface area contributed by atoms with Gasteiger partial charge in [0, 0.05) is 30.6 Å². The van der Waals surface area contributed by atoms with E-state index in [-0.39, 0.29) is 5.91 Å². The molecule has 5 nitrogen and oxygen atoms in total. The number of nitrogens with zero attached hydrogens (tertiary/aromatic N) is 2. The summed E-state index contributed by atoms with van der Waals surface area (Å²) in [5, 5.41) is 7.50. The first-order chi connectivity index (χ1) is 13.1. The number of fused-ring (bicyclic) bond motifs is 1. The number of anilines is 1. The fraction of sp³-hybridized carbons (Fsp3) is 0.545. The molecular weight excluding hydrogens is 336 g/mol. The Morgan fingerprint density at radius 2 is 2.11 bits per heavy atom. The summed E-state index contributed by atoms with van der Waals surface area (Å²) in [7, 11) is 0. The summed E-state index contributed by atoms with van der Waals surface area (Å²) in [5.41, 5.74) is 1.58. The third-order valence-electron chi connectivity index (χ3n) is 5.76. The molecule has 0 spiro atoms. The van der Waals surface area contributed by atoms with E-state index in [1.807, 2.05) is 30.3 Å². The van der Waals surface area contributed by atoms with Gasteiger partial charge in [-0.3, -0.25) is 9.69 Å². The standard InChI is InChI=1S/C22H30N4O/c1-15-6-5-11-26(14-15)16(2)13-23-21-12-19(22(27)24-17-9-10-17)18-7-3-4-8-20(18)25-21/h3-4,7-8,12,15-17H,5-6,9-11,13-14H2,1-2H3,(H,23,25)(H,24,27)/t15-,16+/m0/s1. The lowest BCUT2D eigenvalue weighted by atomic mass is 9.99. The summed E-state index contributed by atoms with van der Waals surface area (Å²) >= 11 is 0. The molecule has 1 aliphatic carbocycles. The third kappa shape index (κ3) is 4.41. The Hall–Kier alpha value is -2.14. The first-order valence-corrected chi connectivity index (χ1v) is 10.3. The largest absolute Gasteiger partial charge is 0.368 e. The molecule has 2 fully saturated rings. The molecular formula is C22H30N4O. The van der Waals surface area contributed by atoms with Crippen LogP contribution < -0.4 is 10.6 Å². The molecule has 1 aromatic heterocycles. The molecule has 2 aliphatic rings. The maximum Gasteiger partial charge on any atom is 0.252 e. The lowest BCUT2D eigenvalue weighted by Crippen LogP contribution is -2.43. The zero-order chi connectivity index (χ0) is 18.8. The SMILES string of the molecule is C[C@H]1CCCN([C@H](C)CNc2cc(C(=O)NC3CC3)c3ccccc3n2)C1. The highest BCUT2D eigenvalue weighted by molar-refractivity contribution is 6.07. The predicted octanol–water partition coefficient (Wildman–Crippen LogP) is 3.66. The number of pyridine rings is 1. The number of nitrogens with one attached hydrogen (secondary N) is 2. The van der Waals surface area contributed by atoms with Crippen molar-refractivity contribution >= 4 is 22.6 Å². The average molecular weight is 367 g/mol. The zero-order valence-corrected chi connectivity index (χ0v) is 16.4. The van der Waals surface area contributed by atoms with Crippen LogP contribution in [0.5, 0.6) is 0 Å². The van der Waals surface area contributed by atoms with Crippen molar-refractivity contribution in [3.63, 3.8) is 0 Å². The number of carbonyl (C=O) groups excluding carboxylic acids is 1. The number of benzene rings is 1. The summed E-state index contributed by atoms with van der Waals surface area (Å²) in [4.78, 5) is 20.0. The normalized spacial score (nSPS) is 21.8. The van der Waals surface area contributed by atoms with E-state index in [9.17, 15) is 4.79 Å². The minimum Gasteiger partial charge on any atom is -0.368 e. The summed E-state index contributed by atoms with van der Waals surface area (Å²) in [5.74, 6) is 1.57. The number of likely N-dealkylation sites (tertiary alicyclic amines) is 1. The van der Waals surface area contributed by atoms with E-state index in [0.717, 1.165) is 42.0 Å². The lowest BCUT2D eigenvalue weighted by Gasteiger charge is -2.35. The van der Waals surface area contributed by atoms with Crippen LogP contribution >= 0.6 is 0 Å². The van der Waals surface area contributed by atoms with Gasteiger partial charge in [-0.15, -0.1) is 0 Å². The van der Waals surface area contributed by atoms with E-state index in [1.165, 1.54) is 25.9 Å². The summed E-state index contributed by atoms with van der Waals surface area (Å²) in [6, 6.07) is 10.6. The van der Waals surface area contributed by atoms with E-state index in [2.05, 4.69) is 29.4 Å². The highest BCUT2D eigenvalue weighted by atomic mass is 16.1. The van der Waals surface area contributed by atoms with Gasteiger partial charge >= 0.3 is 0 Å². The van der Waals surface area contributed by atoms with Crippen LogP contribution in [0, 0.1) is 5.92 Å². The van der Waals surface area contributed by atoms with Gasteiger partial charge in [-0.25, -0.2) is 4.98 Å². The van der Waals surface area contributed by atoms with Crippen molar-refractivity contribution in [3.05, 3.63) is 35.9 Å². The van der Waals surface area contributed by atoms with Gasteiger partial charge in [0.2, 0.25) is 0 Å². The van der Waals surface area contributed by atoms with Crippen molar-refractivity contribution in [1.29, 1.82) is 0 Å². The first kappa shape index (κ1) is 18.2. The number of carbonyl (C=O) groups is 1. The smallest absolute Gasteiger partial charge is 0.252 e. The molecule has 0 unspecified atom stereocenters. The van der Waals surface area contributed by atoms with Gasteiger partial charge in [0.15, 0.2) is 0 Å². The van der Waals surface area contributed by atoms with Crippen LogP contribution in [0.4, 0.5) is 5.82 Å². The number of rotatable bonds is 6. The third-order valence-corrected chi connectivity index (χ3v) is 5.76. The topological polar surface area (TPSA) is 57.3 Å². The fourth-order valence-corrected chi connectivity index (χ4v) is 3.95.